The van der Waals surface area contributed by atoms with E-state index in [1.807, 2.05) is 0 Å². The summed E-state index contributed by atoms with van der Waals surface area (Å²) < 4.78 is 28.4. The van der Waals surface area contributed by atoms with Crippen LogP contribution in [-0.4, -0.2) is 31.1 Å². The van der Waals surface area contributed by atoms with Crippen molar-refractivity contribution >= 4 is 10.0 Å². The minimum Gasteiger partial charge on any atom is -0.211 e. The molecule has 0 aromatic heterocycles. The number of sulfonamides is 1. The number of nitriles is 1. The summed E-state index contributed by atoms with van der Waals surface area (Å²) >= 11 is 0. The van der Waals surface area contributed by atoms with E-state index in [1.165, 1.54) is 83.5 Å². The molecule has 0 saturated carbocycles. The number of hydrogen-bond donors (Lipinski definition) is 0. The molecule has 0 heterocycles. The molecular weight excluding hydrogens is 428 g/mol. The summed E-state index contributed by atoms with van der Waals surface area (Å²) in [7, 11) is -3.54. The molecule has 1 unspecified atom stereocenters. The summed E-state index contributed by atoms with van der Waals surface area (Å²) in [4.78, 5) is 0. The smallest absolute Gasteiger partial charge is 0.211 e. The third kappa shape index (κ3) is 17.5. The summed E-state index contributed by atoms with van der Waals surface area (Å²) in [5.74, 6) is 0. The average molecular weight is 485 g/mol. The van der Waals surface area contributed by atoms with Gasteiger partial charge in [0.25, 0.3) is 0 Å². The van der Waals surface area contributed by atoms with E-state index < -0.39 is 15.3 Å². The number of hydrogen-bond acceptors (Lipinski definition) is 3. The molecule has 0 aromatic rings. The lowest BCUT2D eigenvalue weighted by molar-refractivity contribution is 0.379. The fourth-order valence-electron chi connectivity index (χ4n) is 4.43. The van der Waals surface area contributed by atoms with Crippen molar-refractivity contribution in [1.29, 1.82) is 5.26 Å². The van der Waals surface area contributed by atoms with E-state index in [1.54, 1.807) is 4.31 Å². The number of rotatable bonds is 25. The molecule has 0 fully saturated rings. The predicted molar refractivity (Wildman–Crippen MR) is 144 cm³/mol. The van der Waals surface area contributed by atoms with Crippen molar-refractivity contribution in [2.75, 3.05) is 13.1 Å². The molecule has 0 aromatic carbocycles. The van der Waals surface area contributed by atoms with Crippen molar-refractivity contribution in [2.45, 2.75) is 161 Å². The molecule has 4 nitrogen and oxygen atoms in total. The SMILES string of the molecule is CCCCCCCCCN(CCCCCCCCC)S(=O)(=O)C(C#N)CCCCCCCC. The quantitative estimate of drug-likeness (QED) is 0.122. The van der Waals surface area contributed by atoms with Crippen LogP contribution in [0.5, 0.6) is 0 Å². The molecule has 0 aliphatic heterocycles. The van der Waals surface area contributed by atoms with Crippen LogP contribution >= 0.6 is 0 Å². The van der Waals surface area contributed by atoms with Crippen molar-refractivity contribution in [1.82, 2.24) is 4.31 Å². The first-order chi connectivity index (χ1) is 16.0. The third-order valence-electron chi connectivity index (χ3n) is 6.71. The van der Waals surface area contributed by atoms with Gasteiger partial charge in [-0.3, -0.25) is 0 Å². The Balaban J connectivity index is 4.67. The van der Waals surface area contributed by atoms with Gasteiger partial charge in [0.05, 0.1) is 6.07 Å². The van der Waals surface area contributed by atoms with Gasteiger partial charge in [0.15, 0.2) is 5.25 Å². The minimum absolute atomic E-state index is 0.482. The highest BCUT2D eigenvalue weighted by Crippen LogP contribution is 2.19. The van der Waals surface area contributed by atoms with Gasteiger partial charge in [-0.1, -0.05) is 136 Å². The number of nitrogens with zero attached hydrogens (tertiary/aromatic N) is 2. The van der Waals surface area contributed by atoms with Crippen molar-refractivity contribution in [3.8, 4) is 6.07 Å². The molecule has 0 N–H and O–H groups in total. The Morgan fingerprint density at radius 2 is 0.909 bits per heavy atom. The average Bonchev–Trinajstić information content (AvgIpc) is 2.80. The zero-order valence-corrected chi connectivity index (χ0v) is 23.3. The van der Waals surface area contributed by atoms with Crippen molar-refractivity contribution in [2.24, 2.45) is 0 Å². The van der Waals surface area contributed by atoms with Crippen LogP contribution in [0.15, 0.2) is 0 Å². The van der Waals surface area contributed by atoms with E-state index in [4.69, 9.17) is 0 Å². The minimum atomic E-state index is -3.54. The van der Waals surface area contributed by atoms with Gasteiger partial charge in [-0.05, 0) is 19.3 Å². The van der Waals surface area contributed by atoms with Crippen LogP contribution in [0, 0.1) is 11.3 Å². The summed E-state index contributed by atoms with van der Waals surface area (Å²) in [5.41, 5.74) is 0. The van der Waals surface area contributed by atoms with E-state index in [-0.39, 0.29) is 0 Å². The van der Waals surface area contributed by atoms with Crippen LogP contribution in [0.2, 0.25) is 0 Å². The van der Waals surface area contributed by atoms with Gasteiger partial charge in [0.1, 0.15) is 0 Å². The molecule has 0 saturated heterocycles. The molecule has 0 aliphatic carbocycles. The number of unbranched alkanes of at least 4 members (excludes halogenated alkanes) is 17. The third-order valence-corrected chi connectivity index (χ3v) is 8.85. The van der Waals surface area contributed by atoms with Gasteiger partial charge in [0.2, 0.25) is 10.0 Å². The van der Waals surface area contributed by atoms with Gasteiger partial charge in [-0.15, -0.1) is 0 Å². The van der Waals surface area contributed by atoms with Gasteiger partial charge in [0, 0.05) is 13.1 Å². The van der Waals surface area contributed by atoms with Crippen LogP contribution in [0.3, 0.4) is 0 Å². The maximum Gasteiger partial charge on any atom is 0.230 e. The Morgan fingerprint density at radius 1 is 0.576 bits per heavy atom. The molecule has 0 aliphatic rings. The molecular formula is C28H56N2O2S. The topological polar surface area (TPSA) is 61.2 Å². The Hall–Kier alpha value is -0.600. The summed E-state index contributed by atoms with van der Waals surface area (Å²) in [5, 5.41) is 8.80. The fourth-order valence-corrected chi connectivity index (χ4v) is 6.15. The molecule has 0 bridgehead atoms. The van der Waals surface area contributed by atoms with E-state index in [9.17, 15) is 13.7 Å². The maximum atomic E-state index is 13.3. The van der Waals surface area contributed by atoms with Crippen molar-refractivity contribution < 1.29 is 8.42 Å². The first-order valence-electron chi connectivity index (χ1n) is 14.4. The maximum absolute atomic E-state index is 13.3. The predicted octanol–water partition coefficient (Wildman–Crippen LogP) is 8.76. The highest BCUT2D eigenvalue weighted by atomic mass is 32.2. The Bertz CT molecular complexity index is 539. The second kappa shape index (κ2) is 23.2. The second-order valence-electron chi connectivity index (χ2n) is 9.86. The molecule has 5 heteroatoms. The Labute approximate surface area is 208 Å². The monoisotopic (exact) mass is 484 g/mol. The zero-order valence-electron chi connectivity index (χ0n) is 22.5. The van der Waals surface area contributed by atoms with Crippen molar-refractivity contribution in [3.05, 3.63) is 0 Å². The van der Waals surface area contributed by atoms with Crippen LogP contribution in [0.1, 0.15) is 156 Å². The molecule has 0 spiro atoms. The van der Waals surface area contributed by atoms with E-state index in [2.05, 4.69) is 26.8 Å². The van der Waals surface area contributed by atoms with Crippen LogP contribution in [0.25, 0.3) is 0 Å². The van der Waals surface area contributed by atoms with E-state index in [0.29, 0.717) is 19.5 Å². The van der Waals surface area contributed by atoms with Crippen LogP contribution < -0.4 is 0 Å². The zero-order chi connectivity index (χ0) is 24.6. The van der Waals surface area contributed by atoms with E-state index in [0.717, 1.165) is 44.9 Å². The molecule has 0 radical (unpaired) electrons. The summed E-state index contributed by atoms with van der Waals surface area (Å²) in [6.45, 7) is 7.82. The standard InChI is InChI=1S/C28H56N2O2S/c1-4-7-10-13-16-19-22-25-30(26-23-20-17-14-11-8-5-2)33(31,32)28(27-29)24-21-18-15-12-9-6-3/h28H,4-26H2,1-3H3. The second-order valence-corrected chi connectivity index (χ2v) is 12.0. The molecule has 1 atom stereocenters. The lowest BCUT2D eigenvalue weighted by Gasteiger charge is -2.25. The van der Waals surface area contributed by atoms with E-state index >= 15 is 0 Å². The molecule has 196 valence electrons. The van der Waals surface area contributed by atoms with Crippen LogP contribution in [-0.2, 0) is 10.0 Å². The Kier molecular flexibility index (Phi) is 22.7. The highest BCUT2D eigenvalue weighted by Gasteiger charge is 2.31. The normalized spacial score (nSPS) is 12.8. The summed E-state index contributed by atoms with van der Waals surface area (Å²) in [6.07, 6.45) is 23.7. The van der Waals surface area contributed by atoms with Gasteiger partial charge in [-0.25, -0.2) is 12.7 Å². The van der Waals surface area contributed by atoms with Gasteiger partial charge < -0.3 is 0 Å². The van der Waals surface area contributed by atoms with Gasteiger partial charge in [-0.2, -0.15) is 5.26 Å². The molecule has 0 amide bonds. The lowest BCUT2D eigenvalue weighted by atomic mass is 10.1. The first-order valence-corrected chi connectivity index (χ1v) is 15.9. The van der Waals surface area contributed by atoms with Gasteiger partial charge >= 0.3 is 0 Å². The largest absolute Gasteiger partial charge is 0.230 e. The Morgan fingerprint density at radius 3 is 1.27 bits per heavy atom. The summed E-state index contributed by atoms with van der Waals surface area (Å²) in [6, 6.07) is 2.14. The first kappa shape index (κ1) is 32.4. The fraction of sp³-hybridized carbons (Fsp3) is 0.964. The highest BCUT2D eigenvalue weighted by molar-refractivity contribution is 7.90. The molecule has 33 heavy (non-hydrogen) atoms. The van der Waals surface area contributed by atoms with Crippen molar-refractivity contribution in [3.63, 3.8) is 0 Å². The molecule has 0 rings (SSSR count). The lowest BCUT2D eigenvalue weighted by Crippen LogP contribution is -2.39. The van der Waals surface area contributed by atoms with Crippen LogP contribution in [0.4, 0.5) is 0 Å².